The standard InChI is InChI=1S/C18H22N4O3/c1-13-15(4-9-24-13)16(23)22-8-2-5-18(12-22)10-14(11-25-18)21-17-19-6-3-7-20-17/h3-4,6-7,9,14H,2,5,8,10-12H2,1H3,(H,19,20,21)/t14-,18+/m0/s1. The summed E-state index contributed by atoms with van der Waals surface area (Å²) >= 11 is 0. The van der Waals surface area contributed by atoms with Gasteiger partial charge in [-0.2, -0.15) is 0 Å². The number of hydrogen-bond acceptors (Lipinski definition) is 6. The van der Waals surface area contributed by atoms with E-state index in [1.807, 2.05) is 11.8 Å². The highest BCUT2D eigenvalue weighted by Crippen LogP contribution is 2.36. The van der Waals surface area contributed by atoms with Crippen LogP contribution in [-0.2, 0) is 4.74 Å². The Morgan fingerprint density at radius 2 is 2.24 bits per heavy atom. The summed E-state index contributed by atoms with van der Waals surface area (Å²) in [6.07, 6.45) is 7.75. The molecule has 0 radical (unpaired) electrons. The van der Waals surface area contributed by atoms with Crippen molar-refractivity contribution in [2.45, 2.75) is 37.8 Å². The number of hydrogen-bond donors (Lipinski definition) is 1. The summed E-state index contributed by atoms with van der Waals surface area (Å²) in [5.41, 5.74) is 0.361. The van der Waals surface area contributed by atoms with Crippen LogP contribution >= 0.6 is 0 Å². The van der Waals surface area contributed by atoms with Gasteiger partial charge in [0.15, 0.2) is 0 Å². The lowest BCUT2D eigenvalue weighted by Crippen LogP contribution is -2.50. The highest BCUT2D eigenvalue weighted by Gasteiger charge is 2.45. The monoisotopic (exact) mass is 342 g/mol. The van der Waals surface area contributed by atoms with E-state index in [2.05, 4.69) is 15.3 Å². The van der Waals surface area contributed by atoms with Crippen LogP contribution in [0.25, 0.3) is 0 Å². The number of nitrogens with zero attached hydrogens (tertiary/aromatic N) is 3. The first-order valence-electron chi connectivity index (χ1n) is 8.66. The smallest absolute Gasteiger partial charge is 0.257 e. The number of piperidine rings is 1. The molecule has 7 heteroatoms. The van der Waals surface area contributed by atoms with Gasteiger partial charge in [-0.3, -0.25) is 4.79 Å². The van der Waals surface area contributed by atoms with Crippen LogP contribution in [0.5, 0.6) is 0 Å². The summed E-state index contributed by atoms with van der Waals surface area (Å²) in [5.74, 6) is 1.31. The maximum absolute atomic E-state index is 12.8. The Morgan fingerprint density at radius 1 is 1.40 bits per heavy atom. The Morgan fingerprint density at radius 3 is 3.00 bits per heavy atom. The van der Waals surface area contributed by atoms with Crippen LogP contribution in [0.15, 0.2) is 35.2 Å². The predicted molar refractivity (Wildman–Crippen MR) is 91.3 cm³/mol. The molecule has 7 nitrogen and oxygen atoms in total. The average molecular weight is 342 g/mol. The second kappa shape index (κ2) is 6.48. The molecule has 2 aromatic rings. The van der Waals surface area contributed by atoms with Crippen molar-refractivity contribution in [3.8, 4) is 0 Å². The van der Waals surface area contributed by atoms with E-state index in [4.69, 9.17) is 9.15 Å². The fraction of sp³-hybridized carbons (Fsp3) is 0.500. The third-order valence-electron chi connectivity index (χ3n) is 5.02. The van der Waals surface area contributed by atoms with Crippen LogP contribution in [0.3, 0.4) is 0 Å². The molecule has 1 spiro atoms. The molecule has 132 valence electrons. The third-order valence-corrected chi connectivity index (χ3v) is 5.02. The lowest BCUT2D eigenvalue weighted by atomic mass is 9.88. The fourth-order valence-electron chi connectivity index (χ4n) is 3.83. The molecule has 2 saturated heterocycles. The minimum Gasteiger partial charge on any atom is -0.469 e. The van der Waals surface area contributed by atoms with Crippen molar-refractivity contribution in [3.05, 3.63) is 42.1 Å². The topological polar surface area (TPSA) is 80.5 Å². The van der Waals surface area contributed by atoms with Gasteiger partial charge < -0.3 is 19.4 Å². The predicted octanol–water partition coefficient (Wildman–Crippen LogP) is 2.25. The molecule has 4 heterocycles. The quantitative estimate of drug-likeness (QED) is 0.921. The molecule has 1 amide bonds. The van der Waals surface area contributed by atoms with E-state index in [-0.39, 0.29) is 17.6 Å². The number of aryl methyl sites for hydroxylation is 1. The van der Waals surface area contributed by atoms with Crippen molar-refractivity contribution in [2.75, 3.05) is 25.0 Å². The maximum atomic E-state index is 12.8. The summed E-state index contributed by atoms with van der Waals surface area (Å²) < 4.78 is 11.4. The van der Waals surface area contributed by atoms with E-state index in [0.717, 1.165) is 25.8 Å². The summed E-state index contributed by atoms with van der Waals surface area (Å²) in [5, 5.41) is 3.33. The molecule has 2 aromatic heterocycles. The molecular formula is C18H22N4O3. The number of carbonyl (C=O) groups is 1. The fourth-order valence-corrected chi connectivity index (χ4v) is 3.83. The van der Waals surface area contributed by atoms with E-state index in [0.29, 0.717) is 30.4 Å². The molecule has 2 aliphatic rings. The number of furan rings is 1. The highest BCUT2D eigenvalue weighted by atomic mass is 16.5. The molecule has 4 rings (SSSR count). The Labute approximate surface area is 146 Å². The van der Waals surface area contributed by atoms with E-state index >= 15 is 0 Å². The zero-order chi connectivity index (χ0) is 17.3. The van der Waals surface area contributed by atoms with Crippen molar-refractivity contribution < 1.29 is 13.9 Å². The lowest BCUT2D eigenvalue weighted by molar-refractivity contribution is -0.0447. The molecule has 1 N–H and O–H groups in total. The van der Waals surface area contributed by atoms with Crippen molar-refractivity contribution in [1.29, 1.82) is 0 Å². The zero-order valence-corrected chi connectivity index (χ0v) is 14.3. The minimum absolute atomic E-state index is 0.0247. The number of aromatic nitrogens is 2. The van der Waals surface area contributed by atoms with Gasteiger partial charge in [0.1, 0.15) is 5.76 Å². The van der Waals surface area contributed by atoms with Gasteiger partial charge in [-0.15, -0.1) is 0 Å². The molecule has 0 aromatic carbocycles. The number of likely N-dealkylation sites (tertiary alicyclic amines) is 1. The van der Waals surface area contributed by atoms with Crippen LogP contribution in [0.4, 0.5) is 5.95 Å². The first-order valence-corrected chi connectivity index (χ1v) is 8.66. The second-order valence-electron chi connectivity index (χ2n) is 6.83. The normalized spacial score (nSPS) is 26.1. The molecule has 0 aliphatic carbocycles. The number of rotatable bonds is 3. The Kier molecular flexibility index (Phi) is 4.17. The minimum atomic E-state index is -0.280. The van der Waals surface area contributed by atoms with Crippen LogP contribution in [0.2, 0.25) is 0 Å². The van der Waals surface area contributed by atoms with Crippen LogP contribution < -0.4 is 5.32 Å². The SMILES string of the molecule is Cc1occc1C(=O)N1CCC[C@@]2(C[C@H](Nc3ncccn3)CO2)C1. The molecule has 2 fully saturated rings. The first kappa shape index (κ1) is 16.1. The van der Waals surface area contributed by atoms with Gasteiger partial charge in [-0.25, -0.2) is 9.97 Å². The van der Waals surface area contributed by atoms with Gasteiger partial charge in [0.05, 0.1) is 36.6 Å². The largest absolute Gasteiger partial charge is 0.469 e. The number of amides is 1. The molecular weight excluding hydrogens is 320 g/mol. The van der Waals surface area contributed by atoms with Crippen molar-refractivity contribution in [2.24, 2.45) is 0 Å². The number of nitrogens with one attached hydrogen (secondary N) is 1. The van der Waals surface area contributed by atoms with E-state index in [1.165, 1.54) is 0 Å². The van der Waals surface area contributed by atoms with Crippen molar-refractivity contribution in [3.63, 3.8) is 0 Å². The van der Waals surface area contributed by atoms with E-state index in [1.54, 1.807) is 30.8 Å². The Bertz CT molecular complexity index is 748. The Hall–Kier alpha value is -2.41. The summed E-state index contributed by atoms with van der Waals surface area (Å²) in [7, 11) is 0. The summed E-state index contributed by atoms with van der Waals surface area (Å²) in [6.45, 7) is 3.79. The molecule has 0 saturated carbocycles. The lowest BCUT2D eigenvalue weighted by Gasteiger charge is -2.39. The third kappa shape index (κ3) is 3.24. The van der Waals surface area contributed by atoms with Crippen LogP contribution in [-0.4, -0.2) is 52.1 Å². The van der Waals surface area contributed by atoms with Gasteiger partial charge in [0.25, 0.3) is 5.91 Å². The van der Waals surface area contributed by atoms with Gasteiger partial charge in [-0.05, 0) is 31.9 Å². The number of carbonyl (C=O) groups excluding carboxylic acids is 1. The molecule has 0 bridgehead atoms. The molecule has 2 atom stereocenters. The number of ether oxygens (including phenoxy) is 1. The van der Waals surface area contributed by atoms with Gasteiger partial charge in [-0.1, -0.05) is 0 Å². The number of anilines is 1. The summed E-state index contributed by atoms with van der Waals surface area (Å²) in [4.78, 5) is 23.1. The molecule has 2 aliphatic heterocycles. The van der Waals surface area contributed by atoms with Crippen molar-refractivity contribution in [1.82, 2.24) is 14.9 Å². The van der Waals surface area contributed by atoms with Gasteiger partial charge >= 0.3 is 0 Å². The van der Waals surface area contributed by atoms with Crippen LogP contribution in [0.1, 0.15) is 35.4 Å². The average Bonchev–Trinajstić information content (AvgIpc) is 3.22. The second-order valence-corrected chi connectivity index (χ2v) is 6.83. The first-order chi connectivity index (χ1) is 12.2. The van der Waals surface area contributed by atoms with Gasteiger partial charge in [0, 0.05) is 25.4 Å². The van der Waals surface area contributed by atoms with E-state index < -0.39 is 0 Å². The zero-order valence-electron chi connectivity index (χ0n) is 14.3. The molecule has 25 heavy (non-hydrogen) atoms. The summed E-state index contributed by atoms with van der Waals surface area (Å²) in [6, 6.07) is 3.69. The highest BCUT2D eigenvalue weighted by molar-refractivity contribution is 5.95. The Balaban J connectivity index is 1.42. The maximum Gasteiger partial charge on any atom is 0.257 e. The van der Waals surface area contributed by atoms with E-state index in [9.17, 15) is 4.79 Å². The van der Waals surface area contributed by atoms with Gasteiger partial charge in [0.2, 0.25) is 5.95 Å². The van der Waals surface area contributed by atoms with Crippen LogP contribution in [0, 0.1) is 6.92 Å². The molecule has 0 unspecified atom stereocenters. The van der Waals surface area contributed by atoms with Crippen molar-refractivity contribution >= 4 is 11.9 Å².